The first kappa shape index (κ1) is 21.3. The molecule has 5 aliphatic rings. The minimum absolute atomic E-state index is 0.0535. The molecule has 1 nitrogen and oxygen atoms in total. The number of carbonyl (C=O) groups excluding carboxylic acids is 1. The van der Waals surface area contributed by atoms with Crippen molar-refractivity contribution in [3.63, 3.8) is 0 Å². The Bertz CT molecular complexity index is 751. The van der Waals surface area contributed by atoms with E-state index in [9.17, 15) is 4.79 Å². The van der Waals surface area contributed by atoms with E-state index in [1.54, 1.807) is 5.57 Å². The van der Waals surface area contributed by atoms with Crippen LogP contribution < -0.4 is 0 Å². The van der Waals surface area contributed by atoms with E-state index < -0.39 is 0 Å². The summed E-state index contributed by atoms with van der Waals surface area (Å²) in [7, 11) is 0. The Morgan fingerprint density at radius 2 is 1.67 bits per heavy atom. The van der Waals surface area contributed by atoms with E-state index in [2.05, 4.69) is 47.6 Å². The summed E-state index contributed by atoms with van der Waals surface area (Å²) in [5.74, 6) is 4.66. The van der Waals surface area contributed by atoms with E-state index in [1.165, 1.54) is 57.7 Å². The Labute approximate surface area is 185 Å². The highest BCUT2D eigenvalue weighted by Crippen LogP contribution is 2.74. The third-order valence-electron chi connectivity index (χ3n) is 12.7. The van der Waals surface area contributed by atoms with E-state index in [0.29, 0.717) is 28.1 Å². The van der Waals surface area contributed by atoms with Crippen molar-refractivity contribution < 1.29 is 4.79 Å². The Balaban J connectivity index is 1.59. The van der Waals surface area contributed by atoms with E-state index in [1.807, 2.05) is 0 Å². The Morgan fingerprint density at radius 1 is 0.900 bits per heavy atom. The van der Waals surface area contributed by atoms with Gasteiger partial charge in [-0.25, -0.2) is 0 Å². The predicted molar refractivity (Wildman–Crippen MR) is 125 cm³/mol. The standard InChI is InChI=1S/C29H46O/c1-19-11-14-26(4)22(21(19)3)12-15-28(6)24(26)10-9-23-25-20(2)8-7-13-29(25,18-30)17-16-27(23,28)5/h9,18-22,24-25H,7-8,10-17H2,1-6H3/t19-,20-,21-,22?,24?,25?,26-,27+,28+,29+/m0/s1. The molecule has 0 aliphatic heterocycles. The van der Waals surface area contributed by atoms with Gasteiger partial charge < -0.3 is 4.79 Å². The lowest BCUT2D eigenvalue weighted by molar-refractivity contribution is -0.172. The first-order valence-corrected chi connectivity index (χ1v) is 13.3. The second-order valence-electron chi connectivity index (χ2n) is 13.4. The maximum absolute atomic E-state index is 12.5. The van der Waals surface area contributed by atoms with Crippen LogP contribution in [0.2, 0.25) is 0 Å². The van der Waals surface area contributed by atoms with Crippen molar-refractivity contribution in [1.29, 1.82) is 0 Å². The highest BCUT2D eigenvalue weighted by molar-refractivity contribution is 5.63. The molecular formula is C29H46O. The average molecular weight is 411 g/mol. The summed E-state index contributed by atoms with van der Waals surface area (Å²) in [6, 6.07) is 0. The number of aldehydes is 1. The quantitative estimate of drug-likeness (QED) is 0.318. The van der Waals surface area contributed by atoms with Gasteiger partial charge in [-0.3, -0.25) is 0 Å². The number of hydrogen-bond acceptors (Lipinski definition) is 1. The topological polar surface area (TPSA) is 17.1 Å². The number of allylic oxidation sites excluding steroid dienone is 2. The third-order valence-corrected chi connectivity index (χ3v) is 12.7. The molecule has 168 valence electrons. The van der Waals surface area contributed by atoms with Crippen molar-refractivity contribution in [3.8, 4) is 0 Å². The molecule has 5 aliphatic carbocycles. The largest absolute Gasteiger partial charge is 0.303 e. The maximum atomic E-state index is 12.5. The van der Waals surface area contributed by atoms with Crippen LogP contribution in [0.25, 0.3) is 0 Å². The van der Waals surface area contributed by atoms with Crippen molar-refractivity contribution in [3.05, 3.63) is 11.6 Å². The number of fused-ring (bicyclic) bond motifs is 7. The minimum Gasteiger partial charge on any atom is -0.303 e. The van der Waals surface area contributed by atoms with Gasteiger partial charge in [0.05, 0.1) is 0 Å². The van der Waals surface area contributed by atoms with Crippen LogP contribution in [0, 0.1) is 57.2 Å². The predicted octanol–water partition coefficient (Wildman–Crippen LogP) is 7.84. The monoisotopic (exact) mass is 410 g/mol. The molecule has 0 N–H and O–H groups in total. The van der Waals surface area contributed by atoms with Gasteiger partial charge in [0.2, 0.25) is 0 Å². The molecule has 0 aromatic carbocycles. The van der Waals surface area contributed by atoms with Crippen LogP contribution in [0.3, 0.4) is 0 Å². The zero-order chi connectivity index (χ0) is 21.5. The zero-order valence-electron chi connectivity index (χ0n) is 20.6. The van der Waals surface area contributed by atoms with Gasteiger partial charge >= 0.3 is 0 Å². The molecule has 0 heterocycles. The van der Waals surface area contributed by atoms with E-state index in [4.69, 9.17) is 0 Å². The maximum Gasteiger partial charge on any atom is 0.126 e. The third kappa shape index (κ3) is 2.45. The summed E-state index contributed by atoms with van der Waals surface area (Å²) in [4.78, 5) is 12.5. The molecule has 0 aromatic rings. The normalized spacial score (nSPS) is 57.9. The summed E-state index contributed by atoms with van der Waals surface area (Å²) in [5, 5.41) is 0. The summed E-state index contributed by atoms with van der Waals surface area (Å²) in [6.07, 6.45) is 17.1. The van der Waals surface area contributed by atoms with Crippen LogP contribution in [-0.2, 0) is 4.79 Å². The molecule has 0 saturated heterocycles. The van der Waals surface area contributed by atoms with Gasteiger partial charge in [-0.05, 0) is 103 Å². The minimum atomic E-state index is -0.0535. The molecule has 3 unspecified atom stereocenters. The zero-order valence-corrected chi connectivity index (χ0v) is 20.6. The van der Waals surface area contributed by atoms with Crippen molar-refractivity contribution in [2.45, 2.75) is 106 Å². The fraction of sp³-hybridized carbons (Fsp3) is 0.897. The van der Waals surface area contributed by atoms with Crippen LogP contribution >= 0.6 is 0 Å². The molecule has 10 atom stereocenters. The van der Waals surface area contributed by atoms with Gasteiger partial charge in [0.1, 0.15) is 6.29 Å². The molecule has 4 saturated carbocycles. The molecule has 0 bridgehead atoms. The van der Waals surface area contributed by atoms with E-state index in [-0.39, 0.29) is 5.41 Å². The number of carbonyl (C=O) groups is 1. The lowest BCUT2D eigenvalue weighted by Crippen LogP contribution is -2.63. The van der Waals surface area contributed by atoms with Crippen molar-refractivity contribution >= 4 is 6.29 Å². The van der Waals surface area contributed by atoms with Crippen molar-refractivity contribution in [1.82, 2.24) is 0 Å². The SMILES string of the molecule is C[C@@H]1C2CC[C@]3(C)C(CC=C4C5[C@@H](C)CCC[C@]5(C=O)CC[C@]43C)[C@@]2(C)CC[C@@H]1C. The summed E-state index contributed by atoms with van der Waals surface area (Å²) in [6.45, 7) is 15.5. The first-order valence-electron chi connectivity index (χ1n) is 13.3. The smallest absolute Gasteiger partial charge is 0.126 e. The molecular weight excluding hydrogens is 364 g/mol. The van der Waals surface area contributed by atoms with Crippen LogP contribution in [0.1, 0.15) is 106 Å². The van der Waals surface area contributed by atoms with Gasteiger partial charge in [0, 0.05) is 5.41 Å². The van der Waals surface area contributed by atoms with Gasteiger partial charge in [0.25, 0.3) is 0 Å². The fourth-order valence-electron chi connectivity index (χ4n) is 10.5. The second-order valence-corrected chi connectivity index (χ2v) is 13.4. The lowest BCUT2D eigenvalue weighted by Gasteiger charge is -2.70. The molecule has 30 heavy (non-hydrogen) atoms. The summed E-state index contributed by atoms with van der Waals surface area (Å²) < 4.78 is 0. The number of hydrogen-bond donors (Lipinski definition) is 0. The average Bonchev–Trinajstić information content (AvgIpc) is 2.72. The van der Waals surface area contributed by atoms with Crippen molar-refractivity contribution in [2.75, 3.05) is 0 Å². The lowest BCUT2D eigenvalue weighted by atomic mass is 9.34. The highest BCUT2D eigenvalue weighted by Gasteiger charge is 2.66. The molecule has 4 fully saturated rings. The van der Waals surface area contributed by atoms with Crippen LogP contribution in [0.5, 0.6) is 0 Å². The van der Waals surface area contributed by atoms with Crippen LogP contribution in [0.15, 0.2) is 11.6 Å². The second kappa shape index (κ2) is 6.71. The van der Waals surface area contributed by atoms with Crippen LogP contribution in [0.4, 0.5) is 0 Å². The van der Waals surface area contributed by atoms with Gasteiger partial charge in [0.15, 0.2) is 0 Å². The molecule has 0 radical (unpaired) electrons. The van der Waals surface area contributed by atoms with Gasteiger partial charge in [-0.15, -0.1) is 0 Å². The Hall–Kier alpha value is -0.590. The van der Waals surface area contributed by atoms with E-state index in [0.717, 1.165) is 36.5 Å². The molecule has 5 rings (SSSR count). The molecule has 0 aromatic heterocycles. The number of rotatable bonds is 1. The van der Waals surface area contributed by atoms with Crippen LogP contribution in [-0.4, -0.2) is 6.29 Å². The molecule has 0 amide bonds. The first-order chi connectivity index (χ1) is 14.1. The van der Waals surface area contributed by atoms with E-state index >= 15 is 0 Å². The summed E-state index contributed by atoms with van der Waals surface area (Å²) >= 11 is 0. The van der Waals surface area contributed by atoms with Crippen molar-refractivity contribution in [2.24, 2.45) is 57.2 Å². The molecule has 0 spiro atoms. The highest BCUT2D eigenvalue weighted by atomic mass is 16.1. The fourth-order valence-corrected chi connectivity index (χ4v) is 10.5. The Morgan fingerprint density at radius 3 is 2.40 bits per heavy atom. The van der Waals surface area contributed by atoms with Gasteiger partial charge in [-0.2, -0.15) is 0 Å². The Kier molecular flexibility index (Phi) is 4.75. The molecule has 1 heteroatoms. The summed E-state index contributed by atoms with van der Waals surface area (Å²) in [5.41, 5.74) is 2.86. The van der Waals surface area contributed by atoms with Gasteiger partial charge in [-0.1, -0.05) is 66.0 Å².